The van der Waals surface area contributed by atoms with Crippen LogP contribution in [0.5, 0.6) is 11.5 Å². The fraction of sp³-hybridized carbons (Fsp3) is 0.300. The zero-order valence-electron chi connectivity index (χ0n) is 14.9. The van der Waals surface area contributed by atoms with Crippen LogP contribution in [0.4, 0.5) is 0 Å². The number of nitrogens with one attached hydrogen (secondary N) is 1. The van der Waals surface area contributed by atoms with Crippen molar-refractivity contribution in [1.82, 2.24) is 10.3 Å². The lowest BCUT2D eigenvalue weighted by molar-refractivity contribution is -0.126. The van der Waals surface area contributed by atoms with Gasteiger partial charge in [-0.15, -0.1) is 11.3 Å². The molecule has 2 aromatic carbocycles. The molecule has 0 spiro atoms. The number of thiazole rings is 1. The van der Waals surface area contributed by atoms with Crippen LogP contribution in [-0.2, 0) is 16.1 Å². The standard InChI is InChI=1S/C20H20N2O4S/c1-13(14-6-7-16-17(10-14)26-9-8-25-16)21-19(23)11-24-12-20-22-15-4-2-3-5-18(15)27-20/h2-7,10,13H,8-9,11-12H2,1H3,(H,21,23). The van der Waals surface area contributed by atoms with E-state index in [9.17, 15) is 4.79 Å². The van der Waals surface area contributed by atoms with Crippen LogP contribution in [0, 0.1) is 0 Å². The molecule has 0 radical (unpaired) electrons. The number of amides is 1. The molecular weight excluding hydrogens is 364 g/mol. The summed E-state index contributed by atoms with van der Waals surface area (Å²) in [6.45, 7) is 3.34. The molecule has 0 saturated heterocycles. The largest absolute Gasteiger partial charge is 0.486 e. The molecule has 1 atom stereocenters. The quantitative estimate of drug-likeness (QED) is 0.705. The van der Waals surface area contributed by atoms with Crippen molar-refractivity contribution in [2.45, 2.75) is 19.6 Å². The molecule has 3 aromatic rings. The second-order valence-corrected chi connectivity index (χ2v) is 7.38. The molecule has 1 unspecified atom stereocenters. The number of nitrogens with zero attached hydrogens (tertiary/aromatic N) is 1. The van der Waals surface area contributed by atoms with Crippen LogP contribution in [0.2, 0.25) is 0 Å². The van der Waals surface area contributed by atoms with E-state index in [1.54, 1.807) is 11.3 Å². The lowest BCUT2D eigenvalue weighted by Gasteiger charge is -2.21. The van der Waals surface area contributed by atoms with Gasteiger partial charge in [-0.2, -0.15) is 0 Å². The first-order valence-electron chi connectivity index (χ1n) is 8.80. The molecule has 1 aliphatic rings. The van der Waals surface area contributed by atoms with E-state index in [1.165, 1.54) is 0 Å². The minimum Gasteiger partial charge on any atom is -0.486 e. The third-order valence-corrected chi connectivity index (χ3v) is 5.25. The minimum atomic E-state index is -0.168. The molecule has 140 valence electrons. The van der Waals surface area contributed by atoms with Gasteiger partial charge in [-0.3, -0.25) is 4.79 Å². The number of aromatic nitrogens is 1. The monoisotopic (exact) mass is 384 g/mol. The van der Waals surface area contributed by atoms with Gasteiger partial charge in [0.1, 0.15) is 24.8 Å². The Kier molecular flexibility index (Phi) is 5.22. The van der Waals surface area contributed by atoms with E-state index in [2.05, 4.69) is 10.3 Å². The SMILES string of the molecule is CC(NC(=O)COCc1nc2ccccc2s1)c1ccc2c(c1)OCCO2. The van der Waals surface area contributed by atoms with Gasteiger partial charge in [-0.25, -0.2) is 4.98 Å². The van der Waals surface area contributed by atoms with E-state index in [4.69, 9.17) is 14.2 Å². The van der Waals surface area contributed by atoms with Gasteiger partial charge in [0, 0.05) is 0 Å². The van der Waals surface area contributed by atoms with E-state index in [0.29, 0.717) is 25.6 Å². The molecule has 1 amide bonds. The van der Waals surface area contributed by atoms with Gasteiger partial charge in [0.15, 0.2) is 11.5 Å². The number of hydrogen-bond donors (Lipinski definition) is 1. The molecule has 0 aliphatic carbocycles. The number of ether oxygens (including phenoxy) is 3. The van der Waals surface area contributed by atoms with Crippen molar-refractivity contribution in [2.24, 2.45) is 0 Å². The van der Waals surface area contributed by atoms with Crippen LogP contribution in [0.25, 0.3) is 10.2 Å². The van der Waals surface area contributed by atoms with Gasteiger partial charge >= 0.3 is 0 Å². The third kappa shape index (κ3) is 4.20. The van der Waals surface area contributed by atoms with E-state index < -0.39 is 0 Å². The summed E-state index contributed by atoms with van der Waals surface area (Å²) in [6, 6.07) is 13.5. The number of para-hydroxylation sites is 1. The maximum absolute atomic E-state index is 12.2. The van der Waals surface area contributed by atoms with Crippen LogP contribution in [0.15, 0.2) is 42.5 Å². The number of fused-ring (bicyclic) bond motifs is 2. The topological polar surface area (TPSA) is 69.7 Å². The first-order chi connectivity index (χ1) is 13.2. The summed E-state index contributed by atoms with van der Waals surface area (Å²) >= 11 is 1.58. The Balaban J connectivity index is 1.28. The fourth-order valence-corrected chi connectivity index (χ4v) is 3.81. The van der Waals surface area contributed by atoms with Gasteiger partial charge < -0.3 is 19.5 Å². The molecule has 2 heterocycles. The molecule has 0 bridgehead atoms. The van der Waals surface area contributed by atoms with Crippen LogP contribution in [-0.4, -0.2) is 30.7 Å². The number of carbonyl (C=O) groups excluding carboxylic acids is 1. The highest BCUT2D eigenvalue weighted by Gasteiger charge is 2.16. The first-order valence-corrected chi connectivity index (χ1v) is 9.62. The Labute approximate surface area is 161 Å². The third-order valence-electron chi connectivity index (χ3n) is 4.24. The summed E-state index contributed by atoms with van der Waals surface area (Å²) in [7, 11) is 0. The summed E-state index contributed by atoms with van der Waals surface area (Å²) in [5.74, 6) is 1.29. The number of carbonyl (C=O) groups is 1. The van der Waals surface area contributed by atoms with Gasteiger partial charge in [-0.1, -0.05) is 18.2 Å². The molecule has 1 aliphatic heterocycles. The lowest BCUT2D eigenvalue weighted by Crippen LogP contribution is -2.30. The number of hydrogen-bond acceptors (Lipinski definition) is 6. The highest BCUT2D eigenvalue weighted by Crippen LogP contribution is 2.32. The van der Waals surface area contributed by atoms with Crippen LogP contribution in [0.3, 0.4) is 0 Å². The summed E-state index contributed by atoms with van der Waals surface area (Å²) < 4.78 is 17.8. The maximum Gasteiger partial charge on any atom is 0.246 e. The summed E-state index contributed by atoms with van der Waals surface area (Å²) in [5, 5.41) is 3.80. The van der Waals surface area contributed by atoms with E-state index >= 15 is 0 Å². The van der Waals surface area contributed by atoms with E-state index in [1.807, 2.05) is 49.4 Å². The van der Waals surface area contributed by atoms with Crippen LogP contribution >= 0.6 is 11.3 Å². The average molecular weight is 384 g/mol. The Bertz CT molecular complexity index is 923. The lowest BCUT2D eigenvalue weighted by atomic mass is 10.1. The predicted molar refractivity (Wildman–Crippen MR) is 103 cm³/mol. The summed E-state index contributed by atoms with van der Waals surface area (Å²) in [4.78, 5) is 16.7. The highest BCUT2D eigenvalue weighted by atomic mass is 32.1. The molecule has 27 heavy (non-hydrogen) atoms. The highest BCUT2D eigenvalue weighted by molar-refractivity contribution is 7.18. The Morgan fingerprint density at radius 1 is 1.22 bits per heavy atom. The average Bonchev–Trinajstić information content (AvgIpc) is 3.10. The zero-order chi connectivity index (χ0) is 18.6. The Morgan fingerprint density at radius 2 is 2.04 bits per heavy atom. The zero-order valence-corrected chi connectivity index (χ0v) is 15.8. The summed E-state index contributed by atoms with van der Waals surface area (Å²) in [6.07, 6.45) is 0. The van der Waals surface area contributed by atoms with E-state index in [0.717, 1.165) is 26.5 Å². The summed E-state index contributed by atoms with van der Waals surface area (Å²) in [5.41, 5.74) is 1.91. The Morgan fingerprint density at radius 3 is 2.89 bits per heavy atom. The van der Waals surface area contributed by atoms with E-state index in [-0.39, 0.29) is 18.6 Å². The Hall–Kier alpha value is -2.64. The van der Waals surface area contributed by atoms with Crippen molar-refractivity contribution in [3.63, 3.8) is 0 Å². The van der Waals surface area contributed by atoms with Gasteiger partial charge in [0.25, 0.3) is 0 Å². The molecule has 1 N–H and O–H groups in total. The molecule has 0 saturated carbocycles. The molecule has 6 nitrogen and oxygen atoms in total. The molecular formula is C20H20N2O4S. The second kappa shape index (κ2) is 7.94. The van der Waals surface area contributed by atoms with Crippen LogP contribution in [0.1, 0.15) is 23.5 Å². The first kappa shape index (κ1) is 17.8. The van der Waals surface area contributed by atoms with Crippen molar-refractivity contribution in [1.29, 1.82) is 0 Å². The molecule has 7 heteroatoms. The minimum absolute atomic E-state index is 0.00911. The van der Waals surface area contributed by atoms with Crippen molar-refractivity contribution in [3.05, 3.63) is 53.0 Å². The number of benzene rings is 2. The van der Waals surface area contributed by atoms with Crippen molar-refractivity contribution < 1.29 is 19.0 Å². The molecule has 0 fully saturated rings. The van der Waals surface area contributed by atoms with Gasteiger partial charge in [0.05, 0.1) is 22.9 Å². The van der Waals surface area contributed by atoms with Crippen molar-refractivity contribution >= 4 is 27.5 Å². The smallest absolute Gasteiger partial charge is 0.246 e. The van der Waals surface area contributed by atoms with Crippen molar-refractivity contribution in [2.75, 3.05) is 19.8 Å². The maximum atomic E-state index is 12.2. The fourth-order valence-electron chi connectivity index (χ4n) is 2.91. The molecule has 4 rings (SSSR count). The predicted octanol–water partition coefficient (Wildman–Crippen LogP) is 3.46. The molecule has 1 aromatic heterocycles. The van der Waals surface area contributed by atoms with Crippen molar-refractivity contribution in [3.8, 4) is 11.5 Å². The number of rotatable bonds is 6. The second-order valence-electron chi connectivity index (χ2n) is 6.26. The van der Waals surface area contributed by atoms with Crippen LogP contribution < -0.4 is 14.8 Å². The van der Waals surface area contributed by atoms with Gasteiger partial charge in [0.2, 0.25) is 5.91 Å². The normalized spacial score (nSPS) is 14.1. The van der Waals surface area contributed by atoms with Gasteiger partial charge in [-0.05, 0) is 36.8 Å².